The lowest BCUT2D eigenvalue weighted by atomic mass is 10.0. The largest absolute Gasteiger partial charge is 0.325 e. The molecular weight excluding hydrogens is 465 g/mol. The molecule has 0 spiro atoms. The molecule has 176 valence electrons. The molecule has 1 N–H and O–H groups in total. The molecule has 0 saturated heterocycles. The van der Waals surface area contributed by atoms with E-state index in [9.17, 15) is 17.6 Å². The number of nitrogens with one attached hydrogen (secondary N) is 1. The van der Waals surface area contributed by atoms with Crippen molar-refractivity contribution in [2.24, 2.45) is 7.05 Å². The van der Waals surface area contributed by atoms with Gasteiger partial charge in [0.1, 0.15) is 5.82 Å². The molecule has 8 nitrogen and oxygen atoms in total. The third-order valence-electron chi connectivity index (χ3n) is 4.91. The Kier molecular flexibility index (Phi) is 7.75. The van der Waals surface area contributed by atoms with Crippen LogP contribution in [0.5, 0.6) is 0 Å². The van der Waals surface area contributed by atoms with Crippen LogP contribution in [0.4, 0.5) is 15.8 Å². The van der Waals surface area contributed by atoms with Crippen molar-refractivity contribution in [1.29, 1.82) is 0 Å². The van der Waals surface area contributed by atoms with Crippen LogP contribution >= 0.6 is 11.8 Å². The van der Waals surface area contributed by atoms with Crippen LogP contribution in [-0.2, 0) is 28.4 Å². The molecule has 33 heavy (non-hydrogen) atoms. The van der Waals surface area contributed by atoms with Gasteiger partial charge in [-0.15, -0.1) is 10.2 Å². The topological polar surface area (TPSA) is 97.2 Å². The zero-order valence-corrected chi connectivity index (χ0v) is 20.5. The normalized spacial score (nSPS) is 11.6. The first-order valence-corrected chi connectivity index (χ1v) is 13.0. The summed E-state index contributed by atoms with van der Waals surface area (Å²) in [7, 11) is -1.95. The number of rotatable bonds is 9. The molecule has 1 heterocycles. The smallest absolute Gasteiger partial charge is 0.234 e. The van der Waals surface area contributed by atoms with E-state index >= 15 is 0 Å². The van der Waals surface area contributed by atoms with Crippen LogP contribution in [0, 0.1) is 5.82 Å². The number of hydrogen-bond acceptors (Lipinski definition) is 6. The lowest BCUT2D eigenvalue weighted by Gasteiger charge is -2.21. The van der Waals surface area contributed by atoms with E-state index in [-0.39, 0.29) is 24.1 Å². The summed E-state index contributed by atoms with van der Waals surface area (Å²) in [6.45, 7) is 4.04. The summed E-state index contributed by atoms with van der Waals surface area (Å²) in [5, 5.41) is 11.6. The fraction of sp³-hybridized carbons (Fsp3) is 0.318. The first-order valence-electron chi connectivity index (χ1n) is 10.2. The maximum absolute atomic E-state index is 13.3. The van der Waals surface area contributed by atoms with Gasteiger partial charge in [-0.2, -0.15) is 0 Å². The lowest BCUT2D eigenvalue weighted by Crippen LogP contribution is -2.30. The molecule has 0 aliphatic carbocycles. The van der Waals surface area contributed by atoms with Crippen molar-refractivity contribution in [2.75, 3.05) is 21.6 Å². The monoisotopic (exact) mass is 491 g/mol. The van der Waals surface area contributed by atoms with Gasteiger partial charge < -0.3 is 9.88 Å². The van der Waals surface area contributed by atoms with Crippen LogP contribution < -0.4 is 9.62 Å². The first-order chi connectivity index (χ1) is 15.6. The van der Waals surface area contributed by atoms with Gasteiger partial charge in [0.15, 0.2) is 11.0 Å². The number of aromatic nitrogens is 3. The minimum Gasteiger partial charge on any atom is -0.325 e. The lowest BCUT2D eigenvalue weighted by molar-refractivity contribution is -0.113. The Bertz CT molecular complexity index is 1230. The fourth-order valence-corrected chi connectivity index (χ4v) is 4.76. The van der Waals surface area contributed by atoms with E-state index in [2.05, 4.69) is 29.4 Å². The van der Waals surface area contributed by atoms with E-state index in [4.69, 9.17) is 0 Å². The Morgan fingerprint density at radius 1 is 1.15 bits per heavy atom. The summed E-state index contributed by atoms with van der Waals surface area (Å²) in [5.41, 5.74) is 2.15. The Balaban J connectivity index is 1.69. The predicted octanol–water partition coefficient (Wildman–Crippen LogP) is 3.77. The van der Waals surface area contributed by atoms with Crippen molar-refractivity contribution in [2.45, 2.75) is 31.5 Å². The number of nitrogens with zero attached hydrogens (tertiary/aromatic N) is 4. The molecule has 0 radical (unpaired) electrons. The average molecular weight is 492 g/mol. The van der Waals surface area contributed by atoms with Crippen LogP contribution in [-0.4, -0.2) is 41.1 Å². The van der Waals surface area contributed by atoms with Crippen molar-refractivity contribution in [3.05, 3.63) is 65.7 Å². The van der Waals surface area contributed by atoms with Crippen molar-refractivity contribution in [1.82, 2.24) is 14.8 Å². The molecule has 11 heteroatoms. The van der Waals surface area contributed by atoms with Gasteiger partial charge in [0, 0.05) is 12.7 Å². The zero-order chi connectivity index (χ0) is 24.2. The van der Waals surface area contributed by atoms with Gasteiger partial charge >= 0.3 is 0 Å². The van der Waals surface area contributed by atoms with Gasteiger partial charge in [0.25, 0.3) is 0 Å². The molecule has 0 bridgehead atoms. The quantitative estimate of drug-likeness (QED) is 0.458. The Labute approximate surface area is 197 Å². The van der Waals surface area contributed by atoms with E-state index < -0.39 is 15.8 Å². The number of amides is 1. The molecule has 0 unspecified atom stereocenters. The predicted molar refractivity (Wildman–Crippen MR) is 128 cm³/mol. The van der Waals surface area contributed by atoms with Crippen LogP contribution in [0.25, 0.3) is 0 Å². The Morgan fingerprint density at radius 2 is 1.82 bits per heavy atom. The average Bonchev–Trinajstić information content (AvgIpc) is 3.10. The fourth-order valence-electron chi connectivity index (χ4n) is 3.17. The van der Waals surface area contributed by atoms with Gasteiger partial charge in [-0.25, -0.2) is 12.8 Å². The van der Waals surface area contributed by atoms with Gasteiger partial charge in [0.05, 0.1) is 24.2 Å². The number of anilines is 2. The van der Waals surface area contributed by atoms with E-state index in [1.54, 1.807) is 11.6 Å². The maximum Gasteiger partial charge on any atom is 0.234 e. The number of halogens is 1. The van der Waals surface area contributed by atoms with E-state index in [1.807, 2.05) is 24.3 Å². The first kappa shape index (κ1) is 24.7. The summed E-state index contributed by atoms with van der Waals surface area (Å²) in [5.74, 6) is 0.138. The summed E-state index contributed by atoms with van der Waals surface area (Å²) in [6, 6.07) is 12.8. The molecule has 0 fully saturated rings. The number of thioether (sulfide) groups is 1. The number of hydrogen-bond donors (Lipinski definition) is 1. The zero-order valence-electron chi connectivity index (χ0n) is 18.8. The molecule has 0 saturated carbocycles. The molecule has 0 aliphatic heterocycles. The summed E-state index contributed by atoms with van der Waals surface area (Å²) >= 11 is 1.20. The second-order valence-corrected chi connectivity index (χ2v) is 10.6. The number of carbonyl (C=O) groups excluding carboxylic acids is 1. The van der Waals surface area contributed by atoms with Crippen molar-refractivity contribution < 1.29 is 17.6 Å². The number of sulfonamides is 1. The Morgan fingerprint density at radius 3 is 2.45 bits per heavy atom. The summed E-state index contributed by atoms with van der Waals surface area (Å²) < 4.78 is 40.7. The summed E-state index contributed by atoms with van der Waals surface area (Å²) in [6.07, 6.45) is 1.07. The molecular formula is C22H26FN5O3S2. The third-order valence-corrected chi connectivity index (χ3v) is 7.08. The highest BCUT2D eigenvalue weighted by Crippen LogP contribution is 2.25. The van der Waals surface area contributed by atoms with E-state index in [0.29, 0.717) is 16.7 Å². The Hall–Kier alpha value is -2.92. The molecule has 0 aliphatic rings. The minimum atomic E-state index is -3.65. The molecule has 0 atom stereocenters. The minimum absolute atomic E-state index is 0.0809. The SMILES string of the molecule is CC(C)c1ccccc1NC(=O)CSc1nnc(CN(c2ccc(F)cc2)S(C)(=O)=O)n1C. The van der Waals surface area contributed by atoms with Crippen LogP contribution in [0.15, 0.2) is 53.7 Å². The molecule has 1 aromatic heterocycles. The molecule has 3 aromatic rings. The molecule has 3 rings (SSSR count). The highest BCUT2D eigenvalue weighted by Gasteiger charge is 2.22. The number of para-hydroxylation sites is 1. The summed E-state index contributed by atoms with van der Waals surface area (Å²) in [4.78, 5) is 12.5. The van der Waals surface area contributed by atoms with Crippen molar-refractivity contribution in [3.63, 3.8) is 0 Å². The second kappa shape index (κ2) is 10.3. The van der Waals surface area contributed by atoms with Gasteiger partial charge in [-0.05, 0) is 41.8 Å². The number of carbonyl (C=O) groups is 1. The van der Waals surface area contributed by atoms with Crippen LogP contribution in [0.2, 0.25) is 0 Å². The molecule has 2 aromatic carbocycles. The standard InChI is InChI=1S/C22H26FN5O3S2/c1-15(2)18-7-5-6-8-19(18)24-21(29)14-32-22-26-25-20(27(22)3)13-28(33(4,30)31)17-11-9-16(23)10-12-17/h5-12,15H,13-14H2,1-4H3,(H,24,29). The second-order valence-electron chi connectivity index (χ2n) is 7.78. The van der Waals surface area contributed by atoms with Gasteiger partial charge in [-0.1, -0.05) is 43.8 Å². The van der Waals surface area contributed by atoms with Crippen LogP contribution in [0.1, 0.15) is 31.2 Å². The maximum atomic E-state index is 13.3. The third kappa shape index (κ3) is 6.32. The number of benzene rings is 2. The highest BCUT2D eigenvalue weighted by atomic mass is 32.2. The highest BCUT2D eigenvalue weighted by molar-refractivity contribution is 7.99. The van der Waals surface area contributed by atoms with Crippen LogP contribution in [0.3, 0.4) is 0 Å². The molecule has 1 amide bonds. The van der Waals surface area contributed by atoms with Crippen molar-refractivity contribution in [3.8, 4) is 0 Å². The van der Waals surface area contributed by atoms with Crippen molar-refractivity contribution >= 4 is 39.1 Å². The van der Waals surface area contributed by atoms with E-state index in [0.717, 1.165) is 21.8 Å². The van der Waals surface area contributed by atoms with Gasteiger partial charge in [-0.3, -0.25) is 9.10 Å². The van der Waals surface area contributed by atoms with Gasteiger partial charge in [0.2, 0.25) is 15.9 Å². The van der Waals surface area contributed by atoms with E-state index in [1.165, 1.54) is 36.0 Å².